The Bertz CT molecular complexity index is 934. The number of hydrogen-bond donors (Lipinski definition) is 0. The molecule has 5 heteroatoms. The van der Waals surface area contributed by atoms with Crippen LogP contribution in [0, 0.1) is 0 Å². The highest BCUT2D eigenvalue weighted by molar-refractivity contribution is 8.14. The topological polar surface area (TPSA) is 12.4 Å². The van der Waals surface area contributed by atoms with Crippen molar-refractivity contribution in [2.75, 3.05) is 0 Å². The third kappa shape index (κ3) is 6.47. The third-order valence-corrected chi connectivity index (χ3v) is 6.17. The van der Waals surface area contributed by atoms with Crippen molar-refractivity contribution in [1.29, 1.82) is 0 Å². The Morgan fingerprint density at radius 2 is 1.33 bits per heavy atom. The molecule has 3 aromatic carbocycles. The first-order valence-corrected chi connectivity index (χ1v) is 10.7. The standard InChI is InChI=1S/C22H17Cl2NS2/c1-16(15-26-20-11-7-17(23)8-12-20)22(25-19-5-3-2-4-6-19)27-21-13-9-18(24)10-14-21/h2-15H,1H3/b16-15?,25-22+. The van der Waals surface area contributed by atoms with E-state index in [1.807, 2.05) is 78.9 Å². The zero-order chi connectivity index (χ0) is 19.1. The maximum Gasteiger partial charge on any atom is 0.105 e. The highest BCUT2D eigenvalue weighted by Crippen LogP contribution is 2.30. The van der Waals surface area contributed by atoms with Gasteiger partial charge >= 0.3 is 0 Å². The van der Waals surface area contributed by atoms with Crippen LogP contribution in [0.25, 0.3) is 0 Å². The van der Waals surface area contributed by atoms with Gasteiger partial charge in [-0.1, -0.05) is 64.9 Å². The number of aliphatic imine (C=N–C) groups is 1. The molecule has 0 aromatic heterocycles. The fourth-order valence-corrected chi connectivity index (χ4v) is 4.06. The fourth-order valence-electron chi connectivity index (χ4n) is 2.15. The minimum atomic E-state index is 0.728. The van der Waals surface area contributed by atoms with Gasteiger partial charge in [-0.05, 0) is 78.6 Å². The predicted molar refractivity (Wildman–Crippen MR) is 122 cm³/mol. The molecule has 0 atom stereocenters. The summed E-state index contributed by atoms with van der Waals surface area (Å²) in [5, 5.41) is 4.54. The molecule has 0 fully saturated rings. The van der Waals surface area contributed by atoms with Crippen LogP contribution < -0.4 is 0 Å². The molecule has 136 valence electrons. The van der Waals surface area contributed by atoms with E-state index in [0.29, 0.717) is 0 Å². The van der Waals surface area contributed by atoms with Gasteiger partial charge in [0.15, 0.2) is 0 Å². The Labute approximate surface area is 178 Å². The molecular weight excluding hydrogens is 413 g/mol. The minimum Gasteiger partial charge on any atom is -0.241 e. The Hall–Kier alpha value is -1.65. The summed E-state index contributed by atoms with van der Waals surface area (Å²) in [6.45, 7) is 2.08. The molecule has 0 bridgehead atoms. The number of para-hydroxylation sites is 1. The number of halogens is 2. The first-order valence-electron chi connectivity index (χ1n) is 8.27. The van der Waals surface area contributed by atoms with Gasteiger partial charge in [0, 0.05) is 19.8 Å². The van der Waals surface area contributed by atoms with Gasteiger partial charge in [-0.3, -0.25) is 0 Å². The molecule has 3 rings (SSSR count). The van der Waals surface area contributed by atoms with Crippen molar-refractivity contribution < 1.29 is 0 Å². The highest BCUT2D eigenvalue weighted by Gasteiger charge is 2.07. The fraction of sp³-hybridized carbons (Fsp3) is 0.0455. The molecule has 0 aliphatic heterocycles. The van der Waals surface area contributed by atoms with E-state index in [9.17, 15) is 0 Å². The molecule has 0 N–H and O–H groups in total. The van der Waals surface area contributed by atoms with Gasteiger partial charge in [0.05, 0.1) is 5.69 Å². The van der Waals surface area contributed by atoms with Crippen LogP contribution >= 0.6 is 46.7 Å². The lowest BCUT2D eigenvalue weighted by molar-refractivity contribution is 1.46. The van der Waals surface area contributed by atoms with Crippen LogP contribution in [0.4, 0.5) is 5.69 Å². The van der Waals surface area contributed by atoms with Gasteiger partial charge in [-0.15, -0.1) is 0 Å². The van der Waals surface area contributed by atoms with Crippen molar-refractivity contribution in [3.63, 3.8) is 0 Å². The number of nitrogens with zero attached hydrogens (tertiary/aromatic N) is 1. The molecule has 0 aliphatic rings. The van der Waals surface area contributed by atoms with Gasteiger partial charge < -0.3 is 0 Å². The lowest BCUT2D eigenvalue weighted by atomic mass is 10.3. The molecule has 0 radical (unpaired) electrons. The van der Waals surface area contributed by atoms with Crippen molar-refractivity contribution in [1.82, 2.24) is 0 Å². The van der Waals surface area contributed by atoms with E-state index >= 15 is 0 Å². The molecule has 27 heavy (non-hydrogen) atoms. The first-order chi connectivity index (χ1) is 13.1. The Balaban J connectivity index is 1.85. The van der Waals surface area contributed by atoms with Gasteiger partial charge in [0.1, 0.15) is 5.04 Å². The SMILES string of the molecule is CC(=CSc1ccc(Cl)cc1)/C(=N\c1ccccc1)Sc1ccc(Cl)cc1. The van der Waals surface area contributed by atoms with Gasteiger partial charge in [0.2, 0.25) is 0 Å². The molecule has 0 aliphatic carbocycles. The van der Waals surface area contributed by atoms with E-state index in [2.05, 4.69) is 12.3 Å². The molecule has 0 unspecified atom stereocenters. The van der Waals surface area contributed by atoms with Gasteiger partial charge in [-0.25, -0.2) is 4.99 Å². The van der Waals surface area contributed by atoms with E-state index in [-0.39, 0.29) is 0 Å². The lowest BCUT2D eigenvalue weighted by Gasteiger charge is -2.08. The summed E-state index contributed by atoms with van der Waals surface area (Å²) in [5.74, 6) is 0. The van der Waals surface area contributed by atoms with Crippen LogP contribution in [0.1, 0.15) is 6.92 Å². The van der Waals surface area contributed by atoms with Gasteiger partial charge in [0.25, 0.3) is 0 Å². The van der Waals surface area contributed by atoms with E-state index in [0.717, 1.165) is 36.1 Å². The Kier molecular flexibility index (Phi) is 7.48. The summed E-state index contributed by atoms with van der Waals surface area (Å²) in [7, 11) is 0. The van der Waals surface area contributed by atoms with E-state index in [1.165, 1.54) is 0 Å². The monoisotopic (exact) mass is 429 g/mol. The lowest BCUT2D eigenvalue weighted by Crippen LogP contribution is -1.94. The Morgan fingerprint density at radius 3 is 1.93 bits per heavy atom. The molecular formula is C22H17Cl2NS2. The van der Waals surface area contributed by atoms with Crippen molar-refractivity contribution in [2.24, 2.45) is 4.99 Å². The van der Waals surface area contributed by atoms with E-state index < -0.39 is 0 Å². The normalized spacial score (nSPS) is 12.3. The largest absolute Gasteiger partial charge is 0.241 e. The first kappa shape index (κ1) is 20.1. The third-order valence-electron chi connectivity index (χ3n) is 3.54. The number of thioether (sulfide) groups is 2. The molecule has 3 aromatic rings. The van der Waals surface area contributed by atoms with Crippen molar-refractivity contribution in [3.8, 4) is 0 Å². The second-order valence-corrected chi connectivity index (χ2v) is 8.56. The maximum absolute atomic E-state index is 6.01. The zero-order valence-electron chi connectivity index (χ0n) is 14.6. The summed E-state index contributed by atoms with van der Waals surface area (Å²) in [5.41, 5.74) is 2.02. The molecule has 0 heterocycles. The predicted octanol–water partition coefficient (Wildman–Crippen LogP) is 8.51. The van der Waals surface area contributed by atoms with Gasteiger partial charge in [-0.2, -0.15) is 0 Å². The zero-order valence-corrected chi connectivity index (χ0v) is 17.7. The Morgan fingerprint density at radius 1 is 0.778 bits per heavy atom. The van der Waals surface area contributed by atoms with Crippen LogP contribution in [0.15, 0.2) is 105 Å². The van der Waals surface area contributed by atoms with E-state index in [4.69, 9.17) is 28.2 Å². The summed E-state index contributed by atoms with van der Waals surface area (Å²) >= 11 is 15.2. The molecule has 0 saturated heterocycles. The van der Waals surface area contributed by atoms with Crippen molar-refractivity contribution in [3.05, 3.63) is 99.9 Å². The summed E-state index contributed by atoms with van der Waals surface area (Å²) in [4.78, 5) is 7.08. The highest BCUT2D eigenvalue weighted by atomic mass is 35.5. The molecule has 0 saturated carbocycles. The smallest absolute Gasteiger partial charge is 0.105 e. The minimum absolute atomic E-state index is 0.728. The van der Waals surface area contributed by atoms with Crippen molar-refractivity contribution in [2.45, 2.75) is 16.7 Å². The molecule has 0 spiro atoms. The number of benzene rings is 3. The molecule has 1 nitrogen and oxygen atoms in total. The van der Waals surface area contributed by atoms with Crippen LogP contribution in [0.2, 0.25) is 10.0 Å². The van der Waals surface area contributed by atoms with Crippen LogP contribution in [-0.2, 0) is 0 Å². The summed E-state index contributed by atoms with van der Waals surface area (Å²) in [6.07, 6.45) is 0. The average molecular weight is 430 g/mol. The summed E-state index contributed by atoms with van der Waals surface area (Å²) in [6, 6.07) is 25.6. The second-order valence-electron chi connectivity index (χ2n) is 5.68. The average Bonchev–Trinajstić information content (AvgIpc) is 2.69. The van der Waals surface area contributed by atoms with Crippen LogP contribution in [0.5, 0.6) is 0 Å². The van der Waals surface area contributed by atoms with Crippen LogP contribution in [-0.4, -0.2) is 5.04 Å². The quantitative estimate of drug-likeness (QED) is 0.228. The maximum atomic E-state index is 6.01. The summed E-state index contributed by atoms with van der Waals surface area (Å²) < 4.78 is 0. The second kappa shape index (κ2) is 10.0. The number of hydrogen-bond acceptors (Lipinski definition) is 3. The molecule has 0 amide bonds. The number of rotatable bonds is 5. The van der Waals surface area contributed by atoms with Crippen molar-refractivity contribution >= 4 is 57.5 Å². The van der Waals surface area contributed by atoms with Crippen LogP contribution in [0.3, 0.4) is 0 Å². The van der Waals surface area contributed by atoms with E-state index in [1.54, 1.807) is 23.5 Å².